The van der Waals surface area contributed by atoms with Gasteiger partial charge in [-0.25, -0.2) is 0 Å². The summed E-state index contributed by atoms with van der Waals surface area (Å²) < 4.78 is 0. The molecule has 3 aromatic heterocycles. The van der Waals surface area contributed by atoms with Crippen LogP contribution in [-0.4, -0.2) is 21.7 Å². The summed E-state index contributed by atoms with van der Waals surface area (Å²) in [4.78, 5) is 13.6. The van der Waals surface area contributed by atoms with Crippen LogP contribution in [0.2, 0.25) is 0 Å². The van der Waals surface area contributed by atoms with Gasteiger partial charge in [-0.3, -0.25) is 15.0 Å². The van der Waals surface area contributed by atoms with E-state index in [4.69, 9.17) is 0 Å². The Bertz CT molecular complexity index is 1890. The van der Waals surface area contributed by atoms with Gasteiger partial charge in [-0.2, -0.15) is 0 Å². The molecule has 0 amide bonds. The third kappa shape index (κ3) is 5.45. The van der Waals surface area contributed by atoms with Crippen LogP contribution in [0.3, 0.4) is 0 Å². The summed E-state index contributed by atoms with van der Waals surface area (Å²) in [7, 11) is 0. The molecular weight excluding hydrogens is 557 g/mol. The molecule has 0 saturated carbocycles. The molecule has 3 heterocycles. The SMILES string of the molecule is CC1=C(B(c2c(C)cc(C)c(-c3cccnc3)c2C)c2c(C)cc(C)c(-c3cccnc3)c2C)C(C)=C(c2cccnc2)C(C)C1. The van der Waals surface area contributed by atoms with Crippen molar-refractivity contribution in [2.45, 2.75) is 68.7 Å². The highest BCUT2D eigenvalue weighted by molar-refractivity contribution is 6.93. The number of nitrogens with zero attached hydrogens (tertiary/aromatic N) is 3. The van der Waals surface area contributed by atoms with Gasteiger partial charge >= 0.3 is 0 Å². The standard InChI is InChI=1S/C42H44BN3/c1-25-19-28(4)40(31(7)37(25)34-13-10-16-44-22-34)43(41-29(5)20-26(2)38(32(41)8)35-14-11-17-45-23-35)42-30(6)21-27(3)39(33(42)9)36-15-12-18-46-24-36/h10-20,22-24,27H,21H2,1-9H3. The molecule has 0 aliphatic heterocycles. The second-order valence-corrected chi connectivity index (χ2v) is 13.3. The summed E-state index contributed by atoms with van der Waals surface area (Å²) in [5.41, 5.74) is 22.5. The van der Waals surface area contributed by atoms with Gasteiger partial charge in [0.25, 0.3) is 0 Å². The Labute approximate surface area is 275 Å². The zero-order valence-electron chi connectivity index (χ0n) is 28.8. The Hall–Kier alpha value is -4.57. The summed E-state index contributed by atoms with van der Waals surface area (Å²) in [6.07, 6.45) is 12.7. The van der Waals surface area contributed by atoms with E-state index in [1.807, 2.05) is 49.3 Å². The van der Waals surface area contributed by atoms with Crippen molar-refractivity contribution in [2.75, 3.05) is 0 Å². The Morgan fingerprint density at radius 3 is 1.43 bits per heavy atom. The predicted octanol–water partition coefficient (Wildman–Crippen LogP) is 9.03. The number of pyridine rings is 3. The first-order chi connectivity index (χ1) is 22.1. The molecule has 230 valence electrons. The maximum Gasteiger partial charge on any atom is 0.242 e. The van der Waals surface area contributed by atoms with Crippen molar-refractivity contribution in [3.63, 3.8) is 0 Å². The number of hydrogen-bond donors (Lipinski definition) is 0. The van der Waals surface area contributed by atoms with Crippen LogP contribution in [0.1, 0.15) is 66.1 Å². The number of allylic oxidation sites excluding steroid dienone is 4. The second kappa shape index (κ2) is 12.7. The minimum atomic E-state index is 0.0474. The van der Waals surface area contributed by atoms with Crippen molar-refractivity contribution in [3.05, 3.63) is 141 Å². The van der Waals surface area contributed by atoms with Gasteiger partial charge in [0.1, 0.15) is 0 Å². The van der Waals surface area contributed by atoms with Crippen molar-refractivity contribution in [1.29, 1.82) is 0 Å². The van der Waals surface area contributed by atoms with Crippen molar-refractivity contribution in [2.24, 2.45) is 5.92 Å². The molecule has 5 aromatic rings. The average Bonchev–Trinajstić information content (AvgIpc) is 3.02. The smallest absolute Gasteiger partial charge is 0.242 e. The first-order valence-corrected chi connectivity index (χ1v) is 16.4. The highest BCUT2D eigenvalue weighted by atomic mass is 14.6. The largest absolute Gasteiger partial charge is 0.264 e. The van der Waals surface area contributed by atoms with Gasteiger partial charge in [-0.1, -0.05) is 75.9 Å². The highest BCUT2D eigenvalue weighted by Crippen LogP contribution is 2.42. The monoisotopic (exact) mass is 601 g/mol. The van der Waals surface area contributed by atoms with E-state index in [9.17, 15) is 0 Å². The van der Waals surface area contributed by atoms with Crippen molar-refractivity contribution in [3.8, 4) is 22.3 Å². The van der Waals surface area contributed by atoms with Gasteiger partial charge < -0.3 is 0 Å². The number of benzene rings is 2. The average molecular weight is 602 g/mol. The maximum absolute atomic E-state index is 4.54. The normalized spacial score (nSPS) is 15.0. The quantitative estimate of drug-likeness (QED) is 0.182. The van der Waals surface area contributed by atoms with Gasteiger partial charge in [-0.15, -0.1) is 0 Å². The fraction of sp³-hybridized carbons (Fsp3) is 0.262. The summed E-state index contributed by atoms with van der Waals surface area (Å²) >= 11 is 0. The van der Waals surface area contributed by atoms with Crippen molar-refractivity contribution >= 4 is 23.2 Å². The van der Waals surface area contributed by atoms with Crippen LogP contribution in [-0.2, 0) is 0 Å². The molecule has 0 spiro atoms. The van der Waals surface area contributed by atoms with Crippen molar-refractivity contribution in [1.82, 2.24) is 15.0 Å². The van der Waals surface area contributed by atoms with Crippen LogP contribution in [0.4, 0.5) is 0 Å². The molecular formula is C42H44BN3. The number of aryl methyl sites for hydroxylation is 4. The van der Waals surface area contributed by atoms with Gasteiger partial charge in [0.05, 0.1) is 0 Å². The Balaban J connectivity index is 1.74. The Kier molecular flexibility index (Phi) is 8.66. The molecule has 1 atom stereocenters. The van der Waals surface area contributed by atoms with E-state index >= 15 is 0 Å². The van der Waals surface area contributed by atoms with Crippen LogP contribution in [0.5, 0.6) is 0 Å². The maximum atomic E-state index is 4.54. The first kappa shape index (κ1) is 31.4. The second-order valence-electron chi connectivity index (χ2n) is 13.3. The number of aromatic nitrogens is 3. The zero-order valence-corrected chi connectivity index (χ0v) is 28.8. The molecule has 1 aliphatic carbocycles. The van der Waals surface area contributed by atoms with Crippen molar-refractivity contribution < 1.29 is 0 Å². The first-order valence-electron chi connectivity index (χ1n) is 16.4. The third-order valence-corrected chi connectivity index (χ3v) is 10.2. The molecule has 6 rings (SSSR count). The van der Waals surface area contributed by atoms with Gasteiger partial charge in [0, 0.05) is 48.3 Å². The van der Waals surface area contributed by atoms with E-state index in [2.05, 4.69) is 114 Å². The molecule has 0 fully saturated rings. The summed E-state index contributed by atoms with van der Waals surface area (Å²) in [6, 6.07) is 17.5. The molecule has 0 radical (unpaired) electrons. The molecule has 2 aromatic carbocycles. The third-order valence-electron chi connectivity index (χ3n) is 10.2. The fourth-order valence-corrected chi connectivity index (χ4v) is 8.62. The molecule has 4 heteroatoms. The number of hydrogen-bond acceptors (Lipinski definition) is 3. The topological polar surface area (TPSA) is 38.7 Å². The molecule has 0 N–H and O–H groups in total. The lowest BCUT2D eigenvalue weighted by Gasteiger charge is -2.35. The molecule has 46 heavy (non-hydrogen) atoms. The molecule has 3 nitrogen and oxygen atoms in total. The van der Waals surface area contributed by atoms with E-state index in [1.54, 1.807) is 0 Å². The number of rotatable bonds is 6. The van der Waals surface area contributed by atoms with Gasteiger partial charge in [0.2, 0.25) is 6.71 Å². The fourth-order valence-electron chi connectivity index (χ4n) is 8.62. The summed E-state index contributed by atoms with van der Waals surface area (Å²) in [5.74, 6) is 0.408. The van der Waals surface area contributed by atoms with Gasteiger partial charge in [0.15, 0.2) is 0 Å². The Morgan fingerprint density at radius 2 is 1.02 bits per heavy atom. The predicted molar refractivity (Wildman–Crippen MR) is 196 cm³/mol. The summed E-state index contributed by atoms with van der Waals surface area (Å²) in [6.45, 7) is 20.9. The molecule has 1 unspecified atom stereocenters. The van der Waals surface area contributed by atoms with Crippen LogP contribution in [0.15, 0.2) is 102 Å². The van der Waals surface area contributed by atoms with E-state index in [0.29, 0.717) is 5.92 Å². The summed E-state index contributed by atoms with van der Waals surface area (Å²) in [5, 5.41) is 0. The lowest BCUT2D eigenvalue weighted by molar-refractivity contribution is 0.717. The Morgan fingerprint density at radius 1 is 0.587 bits per heavy atom. The van der Waals surface area contributed by atoms with E-state index in [1.165, 1.54) is 83.2 Å². The molecule has 0 bridgehead atoms. The van der Waals surface area contributed by atoms with Crippen LogP contribution in [0.25, 0.3) is 27.8 Å². The lowest BCUT2D eigenvalue weighted by Crippen LogP contribution is -2.51. The minimum absolute atomic E-state index is 0.0474. The highest BCUT2D eigenvalue weighted by Gasteiger charge is 2.37. The minimum Gasteiger partial charge on any atom is -0.264 e. The van der Waals surface area contributed by atoms with Crippen LogP contribution < -0.4 is 10.9 Å². The van der Waals surface area contributed by atoms with Gasteiger partial charge in [-0.05, 0) is 130 Å². The van der Waals surface area contributed by atoms with Crippen LogP contribution in [0, 0.1) is 47.5 Å². The van der Waals surface area contributed by atoms with E-state index in [-0.39, 0.29) is 6.71 Å². The molecule has 0 saturated heterocycles. The van der Waals surface area contributed by atoms with Crippen LogP contribution >= 0.6 is 0 Å². The molecule has 1 aliphatic rings. The van der Waals surface area contributed by atoms with E-state index < -0.39 is 0 Å². The van der Waals surface area contributed by atoms with E-state index in [0.717, 1.165) is 17.5 Å². The zero-order chi connectivity index (χ0) is 32.7. The lowest BCUT2D eigenvalue weighted by atomic mass is 9.31.